The first kappa shape index (κ1) is 13.0. The van der Waals surface area contributed by atoms with Crippen molar-refractivity contribution in [2.75, 3.05) is 12.4 Å². The molecule has 0 saturated heterocycles. The molecule has 4 nitrogen and oxygen atoms in total. The van der Waals surface area contributed by atoms with Gasteiger partial charge in [0.15, 0.2) is 0 Å². The van der Waals surface area contributed by atoms with E-state index in [0.29, 0.717) is 11.3 Å². The van der Waals surface area contributed by atoms with Crippen molar-refractivity contribution in [2.24, 2.45) is 0 Å². The lowest BCUT2D eigenvalue weighted by molar-refractivity contribution is 0.415. The van der Waals surface area contributed by atoms with Crippen LogP contribution in [0.1, 0.15) is 30.0 Å². The molecule has 0 bridgehead atoms. The number of ether oxygens (including phenoxy) is 1. The van der Waals surface area contributed by atoms with E-state index in [2.05, 4.69) is 11.4 Å². The molecular formula is C15H16N2O2. The normalized spacial score (nSPS) is 11.7. The van der Waals surface area contributed by atoms with Crippen molar-refractivity contribution in [3.8, 4) is 11.8 Å². The molecule has 1 unspecified atom stereocenters. The van der Waals surface area contributed by atoms with Gasteiger partial charge in [0.25, 0.3) is 0 Å². The zero-order valence-electron chi connectivity index (χ0n) is 11.2. The maximum absolute atomic E-state index is 8.87. The topological polar surface area (TPSA) is 58.2 Å². The first-order valence-electron chi connectivity index (χ1n) is 6.05. The molecule has 1 atom stereocenters. The van der Waals surface area contributed by atoms with E-state index in [9.17, 15) is 0 Å². The number of benzene rings is 1. The molecule has 0 aliphatic rings. The predicted molar refractivity (Wildman–Crippen MR) is 73.2 cm³/mol. The van der Waals surface area contributed by atoms with Crippen molar-refractivity contribution in [1.82, 2.24) is 0 Å². The van der Waals surface area contributed by atoms with E-state index in [0.717, 1.165) is 17.2 Å². The molecule has 2 aromatic rings. The molecule has 0 amide bonds. The summed E-state index contributed by atoms with van der Waals surface area (Å²) in [5.41, 5.74) is 1.41. The Balaban J connectivity index is 2.21. The van der Waals surface area contributed by atoms with E-state index in [-0.39, 0.29) is 6.04 Å². The lowest BCUT2D eigenvalue weighted by atomic mass is 10.1. The second-order valence-electron chi connectivity index (χ2n) is 4.34. The quantitative estimate of drug-likeness (QED) is 0.907. The molecule has 2 rings (SSSR count). The Kier molecular flexibility index (Phi) is 3.76. The van der Waals surface area contributed by atoms with E-state index in [1.54, 1.807) is 19.2 Å². The van der Waals surface area contributed by atoms with E-state index >= 15 is 0 Å². The van der Waals surface area contributed by atoms with Gasteiger partial charge in [0, 0.05) is 6.07 Å². The van der Waals surface area contributed by atoms with Crippen molar-refractivity contribution >= 4 is 5.69 Å². The number of nitrogens with one attached hydrogen (secondary N) is 1. The van der Waals surface area contributed by atoms with Crippen molar-refractivity contribution in [3.63, 3.8) is 0 Å². The van der Waals surface area contributed by atoms with Crippen LogP contribution in [0.4, 0.5) is 5.69 Å². The summed E-state index contributed by atoms with van der Waals surface area (Å²) in [7, 11) is 1.59. The van der Waals surface area contributed by atoms with Gasteiger partial charge in [-0.05, 0) is 38.1 Å². The number of anilines is 1. The Bertz CT molecular complexity index is 611. The van der Waals surface area contributed by atoms with Crippen molar-refractivity contribution in [1.29, 1.82) is 5.26 Å². The van der Waals surface area contributed by atoms with Gasteiger partial charge in [0.2, 0.25) is 0 Å². The molecule has 0 fully saturated rings. The van der Waals surface area contributed by atoms with Crippen LogP contribution in [-0.4, -0.2) is 7.11 Å². The summed E-state index contributed by atoms with van der Waals surface area (Å²) in [4.78, 5) is 0. The fraction of sp³-hybridized carbons (Fsp3) is 0.267. The Labute approximate surface area is 112 Å². The largest absolute Gasteiger partial charge is 0.495 e. The Morgan fingerprint density at radius 1 is 1.32 bits per heavy atom. The number of hydrogen-bond donors (Lipinski definition) is 1. The van der Waals surface area contributed by atoms with E-state index in [1.165, 1.54) is 0 Å². The molecule has 1 aromatic heterocycles. The maximum atomic E-state index is 8.87. The zero-order valence-corrected chi connectivity index (χ0v) is 11.2. The highest BCUT2D eigenvalue weighted by Crippen LogP contribution is 2.29. The smallest absolute Gasteiger partial charge is 0.143 e. The SMILES string of the molecule is COc1cc(C#N)ccc1NC(C)c1ccc(C)o1. The van der Waals surface area contributed by atoms with Gasteiger partial charge in [-0.3, -0.25) is 0 Å². The number of furan rings is 1. The summed E-state index contributed by atoms with van der Waals surface area (Å²) in [5, 5.41) is 12.2. The number of nitriles is 1. The minimum Gasteiger partial charge on any atom is -0.495 e. The summed E-state index contributed by atoms with van der Waals surface area (Å²) in [6.45, 7) is 3.93. The standard InChI is InChI=1S/C15H16N2O2/c1-10-4-7-14(19-10)11(2)17-13-6-5-12(9-16)8-15(13)18-3/h4-8,11,17H,1-3H3. The van der Waals surface area contributed by atoms with Gasteiger partial charge in [-0.25, -0.2) is 0 Å². The number of aryl methyl sites for hydroxylation is 1. The molecule has 0 spiro atoms. The van der Waals surface area contributed by atoms with Crippen LogP contribution in [0.5, 0.6) is 5.75 Å². The molecule has 0 radical (unpaired) electrons. The lowest BCUT2D eigenvalue weighted by Gasteiger charge is -2.16. The first-order valence-corrected chi connectivity index (χ1v) is 6.05. The van der Waals surface area contributed by atoms with Gasteiger partial charge in [0.1, 0.15) is 17.3 Å². The van der Waals surface area contributed by atoms with Crippen molar-refractivity contribution < 1.29 is 9.15 Å². The van der Waals surface area contributed by atoms with Crippen LogP contribution in [0.25, 0.3) is 0 Å². The van der Waals surface area contributed by atoms with Crippen molar-refractivity contribution in [3.05, 3.63) is 47.4 Å². The van der Waals surface area contributed by atoms with E-state index < -0.39 is 0 Å². The Morgan fingerprint density at radius 2 is 2.11 bits per heavy atom. The van der Waals surface area contributed by atoms with Crippen LogP contribution < -0.4 is 10.1 Å². The van der Waals surface area contributed by atoms with Crippen LogP contribution in [-0.2, 0) is 0 Å². The lowest BCUT2D eigenvalue weighted by Crippen LogP contribution is -2.06. The van der Waals surface area contributed by atoms with Crippen molar-refractivity contribution in [2.45, 2.75) is 19.9 Å². The molecule has 1 heterocycles. The molecule has 1 N–H and O–H groups in total. The van der Waals surface area contributed by atoms with Crippen LogP contribution in [0.2, 0.25) is 0 Å². The molecule has 98 valence electrons. The third-order valence-electron chi connectivity index (χ3n) is 2.89. The van der Waals surface area contributed by atoms with Crippen LogP contribution in [0.15, 0.2) is 34.7 Å². The maximum Gasteiger partial charge on any atom is 0.143 e. The van der Waals surface area contributed by atoms with Gasteiger partial charge in [0.05, 0.1) is 30.5 Å². The zero-order chi connectivity index (χ0) is 13.8. The minimum atomic E-state index is 0.0236. The van der Waals surface area contributed by atoms with Gasteiger partial charge in [-0.1, -0.05) is 0 Å². The third kappa shape index (κ3) is 2.89. The molecule has 0 aliphatic heterocycles. The van der Waals surface area contributed by atoms with Gasteiger partial charge >= 0.3 is 0 Å². The molecular weight excluding hydrogens is 240 g/mol. The van der Waals surface area contributed by atoms with Gasteiger partial charge in [-0.15, -0.1) is 0 Å². The average molecular weight is 256 g/mol. The van der Waals surface area contributed by atoms with E-state index in [4.69, 9.17) is 14.4 Å². The van der Waals surface area contributed by atoms with Gasteiger partial charge < -0.3 is 14.5 Å². The second-order valence-corrected chi connectivity index (χ2v) is 4.34. The summed E-state index contributed by atoms with van der Waals surface area (Å²) >= 11 is 0. The fourth-order valence-electron chi connectivity index (χ4n) is 1.87. The fourth-order valence-corrected chi connectivity index (χ4v) is 1.87. The second kappa shape index (κ2) is 5.49. The predicted octanol–water partition coefficient (Wildman–Crippen LogP) is 3.64. The summed E-state index contributed by atoms with van der Waals surface area (Å²) in [6.07, 6.45) is 0. The van der Waals surface area contributed by atoms with Gasteiger partial charge in [-0.2, -0.15) is 5.26 Å². The highest BCUT2D eigenvalue weighted by atomic mass is 16.5. The summed E-state index contributed by atoms with van der Waals surface area (Å²) < 4.78 is 10.9. The highest BCUT2D eigenvalue weighted by molar-refractivity contribution is 5.60. The number of nitrogens with zero attached hydrogens (tertiary/aromatic N) is 1. The molecule has 0 aliphatic carbocycles. The summed E-state index contributed by atoms with van der Waals surface area (Å²) in [5.74, 6) is 2.40. The molecule has 0 saturated carbocycles. The summed E-state index contributed by atoms with van der Waals surface area (Å²) in [6, 6.07) is 11.3. The van der Waals surface area contributed by atoms with Crippen LogP contribution in [0.3, 0.4) is 0 Å². The Morgan fingerprint density at radius 3 is 2.68 bits per heavy atom. The average Bonchev–Trinajstić information content (AvgIpc) is 2.86. The minimum absolute atomic E-state index is 0.0236. The first-order chi connectivity index (χ1) is 9.13. The Hall–Kier alpha value is -2.41. The third-order valence-corrected chi connectivity index (χ3v) is 2.89. The monoisotopic (exact) mass is 256 g/mol. The number of rotatable bonds is 4. The van der Waals surface area contributed by atoms with Crippen LogP contribution >= 0.6 is 0 Å². The molecule has 19 heavy (non-hydrogen) atoms. The van der Waals surface area contributed by atoms with E-state index in [1.807, 2.05) is 32.0 Å². The highest BCUT2D eigenvalue weighted by Gasteiger charge is 2.12. The molecule has 4 heteroatoms. The molecule has 1 aromatic carbocycles. The number of methoxy groups -OCH3 is 1. The van der Waals surface area contributed by atoms with Crippen LogP contribution in [0, 0.1) is 18.3 Å². The number of hydrogen-bond acceptors (Lipinski definition) is 4.